The number of rotatable bonds is 9. The molecule has 0 bridgehead atoms. The van der Waals surface area contributed by atoms with Crippen LogP contribution in [0.15, 0.2) is 41.5 Å². The molecule has 0 saturated carbocycles. The number of piperazine rings is 1. The maximum atomic E-state index is 5.40. The summed E-state index contributed by atoms with van der Waals surface area (Å²) in [4.78, 5) is 14.0. The minimum Gasteiger partial charge on any atom is -0.493 e. The van der Waals surface area contributed by atoms with Gasteiger partial charge in [0.1, 0.15) is 5.82 Å². The summed E-state index contributed by atoms with van der Waals surface area (Å²) in [7, 11) is 5.47. The maximum Gasteiger partial charge on any atom is 0.191 e. The SMILES string of the molecule is CCNC(=NCc1ccnc(N2CCN(C)CC2)c1)NCCc1ccc(OC)c(OC)c1. The van der Waals surface area contributed by atoms with Crippen molar-refractivity contribution in [3.05, 3.63) is 47.7 Å². The fraction of sp³-hybridized carbons (Fsp3) is 0.500. The van der Waals surface area contributed by atoms with Gasteiger partial charge in [0, 0.05) is 45.5 Å². The summed E-state index contributed by atoms with van der Waals surface area (Å²) in [5.41, 5.74) is 2.34. The Labute approximate surface area is 191 Å². The zero-order valence-corrected chi connectivity index (χ0v) is 19.7. The van der Waals surface area contributed by atoms with Crippen molar-refractivity contribution in [3.63, 3.8) is 0 Å². The molecule has 8 heteroatoms. The second-order valence-electron chi connectivity index (χ2n) is 7.87. The van der Waals surface area contributed by atoms with Crippen LogP contribution in [0.2, 0.25) is 0 Å². The molecule has 174 valence electrons. The van der Waals surface area contributed by atoms with Crippen LogP contribution in [0.25, 0.3) is 0 Å². The zero-order chi connectivity index (χ0) is 22.8. The van der Waals surface area contributed by atoms with Gasteiger partial charge in [-0.15, -0.1) is 0 Å². The fourth-order valence-electron chi connectivity index (χ4n) is 3.64. The summed E-state index contributed by atoms with van der Waals surface area (Å²) >= 11 is 0. The Hall–Kier alpha value is -3.00. The Morgan fingerprint density at radius 1 is 1.00 bits per heavy atom. The van der Waals surface area contributed by atoms with E-state index in [-0.39, 0.29) is 0 Å². The van der Waals surface area contributed by atoms with Gasteiger partial charge in [-0.1, -0.05) is 6.07 Å². The average molecular weight is 441 g/mol. The van der Waals surface area contributed by atoms with E-state index in [0.717, 1.165) is 74.5 Å². The third-order valence-corrected chi connectivity index (χ3v) is 5.56. The summed E-state index contributed by atoms with van der Waals surface area (Å²) in [5, 5.41) is 6.75. The number of pyridine rings is 1. The smallest absolute Gasteiger partial charge is 0.191 e. The van der Waals surface area contributed by atoms with E-state index in [4.69, 9.17) is 14.5 Å². The third kappa shape index (κ3) is 6.75. The highest BCUT2D eigenvalue weighted by Crippen LogP contribution is 2.27. The molecule has 0 spiro atoms. The van der Waals surface area contributed by atoms with E-state index in [9.17, 15) is 0 Å². The van der Waals surface area contributed by atoms with Gasteiger partial charge in [0.05, 0.1) is 20.8 Å². The van der Waals surface area contributed by atoms with Gasteiger partial charge in [0.15, 0.2) is 17.5 Å². The molecular formula is C24H36N6O2. The molecule has 0 atom stereocenters. The van der Waals surface area contributed by atoms with Crippen molar-refractivity contribution in [2.75, 3.05) is 65.4 Å². The first-order chi connectivity index (χ1) is 15.6. The van der Waals surface area contributed by atoms with Gasteiger partial charge in [-0.05, 0) is 55.8 Å². The van der Waals surface area contributed by atoms with Crippen LogP contribution in [0, 0.1) is 0 Å². The van der Waals surface area contributed by atoms with Crippen LogP contribution in [0.1, 0.15) is 18.1 Å². The number of anilines is 1. The van der Waals surface area contributed by atoms with Crippen molar-refractivity contribution >= 4 is 11.8 Å². The van der Waals surface area contributed by atoms with Crippen molar-refractivity contribution in [2.45, 2.75) is 19.9 Å². The van der Waals surface area contributed by atoms with Crippen LogP contribution in [0.3, 0.4) is 0 Å². The maximum absolute atomic E-state index is 5.40. The van der Waals surface area contributed by atoms with E-state index in [0.29, 0.717) is 6.54 Å². The molecule has 0 unspecified atom stereocenters. The highest BCUT2D eigenvalue weighted by Gasteiger charge is 2.15. The lowest BCUT2D eigenvalue weighted by atomic mass is 10.1. The fourth-order valence-corrected chi connectivity index (χ4v) is 3.64. The standard InChI is InChI=1S/C24H36N6O2/c1-5-25-24(27-11-8-19-6-7-21(31-3)22(16-19)32-4)28-18-20-9-10-26-23(17-20)30-14-12-29(2)13-15-30/h6-7,9-10,16-17H,5,8,11-15,18H2,1-4H3,(H2,25,27,28). The van der Waals surface area contributed by atoms with E-state index >= 15 is 0 Å². The second-order valence-corrected chi connectivity index (χ2v) is 7.87. The number of hydrogen-bond acceptors (Lipinski definition) is 6. The predicted octanol–water partition coefficient (Wildman–Crippen LogP) is 2.15. The Morgan fingerprint density at radius 2 is 1.78 bits per heavy atom. The van der Waals surface area contributed by atoms with Crippen LogP contribution >= 0.6 is 0 Å². The number of likely N-dealkylation sites (N-methyl/N-ethyl adjacent to an activating group) is 1. The van der Waals surface area contributed by atoms with Crippen molar-refractivity contribution in [1.82, 2.24) is 20.5 Å². The number of hydrogen-bond donors (Lipinski definition) is 2. The normalized spacial score (nSPS) is 14.9. The molecule has 1 aliphatic rings. The lowest BCUT2D eigenvalue weighted by Gasteiger charge is -2.33. The van der Waals surface area contributed by atoms with E-state index in [1.54, 1.807) is 14.2 Å². The van der Waals surface area contributed by atoms with Gasteiger partial charge in [0.25, 0.3) is 0 Å². The van der Waals surface area contributed by atoms with E-state index in [1.165, 1.54) is 5.56 Å². The number of nitrogens with zero attached hydrogens (tertiary/aromatic N) is 4. The monoisotopic (exact) mass is 440 g/mol. The van der Waals surface area contributed by atoms with E-state index in [2.05, 4.69) is 51.5 Å². The number of methoxy groups -OCH3 is 2. The summed E-state index contributed by atoms with van der Waals surface area (Å²) in [6.07, 6.45) is 2.74. The molecule has 0 amide bonds. The summed E-state index contributed by atoms with van der Waals surface area (Å²) in [6, 6.07) is 10.2. The average Bonchev–Trinajstić information content (AvgIpc) is 2.83. The Bertz CT molecular complexity index is 881. The minimum absolute atomic E-state index is 0.606. The van der Waals surface area contributed by atoms with Crippen molar-refractivity contribution in [2.24, 2.45) is 4.99 Å². The molecule has 0 radical (unpaired) electrons. The van der Waals surface area contributed by atoms with Crippen molar-refractivity contribution < 1.29 is 9.47 Å². The summed E-state index contributed by atoms with van der Waals surface area (Å²) in [6.45, 7) is 8.41. The first kappa shape index (κ1) is 23.7. The van der Waals surface area contributed by atoms with Gasteiger partial charge in [-0.2, -0.15) is 0 Å². The van der Waals surface area contributed by atoms with Gasteiger partial charge >= 0.3 is 0 Å². The molecule has 0 aliphatic carbocycles. The second kappa shape index (κ2) is 12.1. The zero-order valence-electron chi connectivity index (χ0n) is 19.7. The first-order valence-electron chi connectivity index (χ1n) is 11.2. The summed E-state index contributed by atoms with van der Waals surface area (Å²) < 4.78 is 10.7. The molecule has 2 heterocycles. The number of ether oxygens (including phenoxy) is 2. The number of aromatic nitrogens is 1. The van der Waals surface area contributed by atoms with Crippen molar-refractivity contribution in [1.29, 1.82) is 0 Å². The van der Waals surface area contributed by atoms with Crippen LogP contribution in [0.5, 0.6) is 11.5 Å². The Morgan fingerprint density at radius 3 is 2.50 bits per heavy atom. The number of guanidine groups is 1. The molecule has 1 aromatic heterocycles. The minimum atomic E-state index is 0.606. The molecule has 2 N–H and O–H groups in total. The van der Waals surface area contributed by atoms with Gasteiger partial charge in [-0.25, -0.2) is 9.98 Å². The van der Waals surface area contributed by atoms with Gasteiger partial charge in [0.2, 0.25) is 0 Å². The third-order valence-electron chi connectivity index (χ3n) is 5.56. The molecule has 8 nitrogen and oxygen atoms in total. The summed E-state index contributed by atoms with van der Waals surface area (Å²) in [5.74, 6) is 3.34. The Balaban J connectivity index is 1.56. The molecular weight excluding hydrogens is 404 g/mol. The van der Waals surface area contributed by atoms with Crippen LogP contribution < -0.4 is 25.0 Å². The van der Waals surface area contributed by atoms with E-state index in [1.807, 2.05) is 24.4 Å². The predicted molar refractivity (Wildman–Crippen MR) is 130 cm³/mol. The van der Waals surface area contributed by atoms with Crippen LogP contribution in [-0.4, -0.2) is 76.4 Å². The van der Waals surface area contributed by atoms with E-state index < -0.39 is 0 Å². The molecule has 1 aromatic carbocycles. The molecule has 1 aliphatic heterocycles. The largest absolute Gasteiger partial charge is 0.493 e. The van der Waals surface area contributed by atoms with Crippen LogP contribution in [0.4, 0.5) is 5.82 Å². The highest BCUT2D eigenvalue weighted by atomic mass is 16.5. The topological polar surface area (TPSA) is 74.3 Å². The van der Waals surface area contributed by atoms with Gasteiger partial charge in [-0.3, -0.25) is 0 Å². The molecule has 32 heavy (non-hydrogen) atoms. The highest BCUT2D eigenvalue weighted by molar-refractivity contribution is 5.79. The van der Waals surface area contributed by atoms with Crippen LogP contribution in [-0.2, 0) is 13.0 Å². The number of benzene rings is 1. The molecule has 1 saturated heterocycles. The molecule has 1 fully saturated rings. The first-order valence-corrected chi connectivity index (χ1v) is 11.2. The lowest BCUT2D eigenvalue weighted by molar-refractivity contribution is 0.312. The lowest BCUT2D eigenvalue weighted by Crippen LogP contribution is -2.44. The quantitative estimate of drug-likeness (QED) is 0.457. The van der Waals surface area contributed by atoms with Crippen molar-refractivity contribution in [3.8, 4) is 11.5 Å². The number of nitrogens with one attached hydrogen (secondary N) is 2. The van der Waals surface area contributed by atoms with Gasteiger partial charge < -0.3 is 29.9 Å². The number of aliphatic imine (C=N–C) groups is 1. The molecule has 3 rings (SSSR count). The Kier molecular flexibility index (Phi) is 8.98. The molecule has 2 aromatic rings.